The topological polar surface area (TPSA) is 54.3 Å². The molecular weight excluding hydrogens is 419 g/mol. The monoisotopic (exact) mass is 448 g/mol. The second kappa shape index (κ2) is 10.6. The van der Waals surface area contributed by atoms with E-state index in [0.29, 0.717) is 31.1 Å². The Bertz CT molecular complexity index is 866. The summed E-state index contributed by atoms with van der Waals surface area (Å²) in [6, 6.07) is 13.9. The van der Waals surface area contributed by atoms with Gasteiger partial charge in [-0.25, -0.2) is 4.39 Å². The maximum absolute atomic E-state index is 13.3. The van der Waals surface area contributed by atoms with Crippen LogP contribution in [0, 0.1) is 5.82 Å². The van der Waals surface area contributed by atoms with Gasteiger partial charge in [-0.3, -0.25) is 4.90 Å². The molecule has 168 valence electrons. The molecule has 0 spiro atoms. The van der Waals surface area contributed by atoms with Crippen LogP contribution < -0.4 is 0 Å². The Labute approximate surface area is 188 Å². The molecule has 1 N–H and O–H groups in total. The summed E-state index contributed by atoms with van der Waals surface area (Å²) in [5.74, 6) is -0.269. The molecule has 2 aromatic carbocycles. The van der Waals surface area contributed by atoms with Gasteiger partial charge in [0, 0.05) is 31.1 Å². The molecule has 0 saturated heterocycles. The highest BCUT2D eigenvalue weighted by Gasteiger charge is 2.26. The Hall–Kier alpha value is -1.99. The minimum Gasteiger partial charge on any atom is -0.390 e. The van der Waals surface area contributed by atoms with Crippen LogP contribution in [0.15, 0.2) is 53.7 Å². The van der Waals surface area contributed by atoms with Gasteiger partial charge in [0.05, 0.1) is 24.0 Å². The molecule has 0 radical (unpaired) electrons. The zero-order valence-electron chi connectivity index (χ0n) is 18.2. The van der Waals surface area contributed by atoms with Crippen LogP contribution in [0.3, 0.4) is 0 Å². The van der Waals surface area contributed by atoms with E-state index >= 15 is 0 Å². The van der Waals surface area contributed by atoms with Crippen molar-refractivity contribution < 1.29 is 19.1 Å². The summed E-state index contributed by atoms with van der Waals surface area (Å²) >= 11 is 5.97. The molecule has 0 aliphatic carbocycles. The van der Waals surface area contributed by atoms with Crippen LogP contribution in [0.2, 0.25) is 5.02 Å². The summed E-state index contributed by atoms with van der Waals surface area (Å²) in [5.41, 5.74) is 2.50. The summed E-state index contributed by atoms with van der Waals surface area (Å²) < 4.78 is 19.0. The molecule has 31 heavy (non-hydrogen) atoms. The predicted molar refractivity (Wildman–Crippen MR) is 121 cm³/mol. The highest BCUT2D eigenvalue weighted by Crippen LogP contribution is 2.20. The maximum atomic E-state index is 13.3. The molecule has 5 nitrogen and oxygen atoms in total. The van der Waals surface area contributed by atoms with Crippen molar-refractivity contribution in [3.63, 3.8) is 0 Å². The number of hydrogen-bond acceptors (Lipinski definition) is 5. The Morgan fingerprint density at radius 3 is 2.52 bits per heavy atom. The van der Waals surface area contributed by atoms with Crippen LogP contribution in [0.5, 0.6) is 0 Å². The van der Waals surface area contributed by atoms with Crippen LogP contribution in [-0.2, 0) is 16.1 Å². The summed E-state index contributed by atoms with van der Waals surface area (Å²) in [7, 11) is 0. The molecule has 7 heteroatoms. The summed E-state index contributed by atoms with van der Waals surface area (Å²) in [4.78, 5) is 7.77. The normalized spacial score (nSPS) is 17.5. The fraction of sp³-hybridized carbons (Fsp3) is 0.458. The summed E-state index contributed by atoms with van der Waals surface area (Å²) in [6.45, 7) is 7.65. The predicted octanol–water partition coefficient (Wildman–Crippen LogP) is 4.65. The van der Waals surface area contributed by atoms with Crippen LogP contribution >= 0.6 is 11.6 Å². The van der Waals surface area contributed by atoms with Crippen LogP contribution in [0.25, 0.3) is 0 Å². The van der Waals surface area contributed by atoms with E-state index in [4.69, 9.17) is 21.2 Å². The quantitative estimate of drug-likeness (QED) is 0.606. The first-order valence-corrected chi connectivity index (χ1v) is 10.8. The number of benzene rings is 2. The molecule has 0 saturated carbocycles. The van der Waals surface area contributed by atoms with Crippen molar-refractivity contribution in [2.75, 3.05) is 19.7 Å². The maximum Gasteiger partial charge on any atom is 0.145 e. The lowest BCUT2D eigenvalue weighted by molar-refractivity contribution is -0.0600. The molecular formula is C24H30ClFN2O3. The number of rotatable bonds is 9. The molecule has 1 heterocycles. The van der Waals surface area contributed by atoms with E-state index < -0.39 is 6.10 Å². The van der Waals surface area contributed by atoms with Gasteiger partial charge in [-0.1, -0.05) is 41.0 Å². The zero-order chi connectivity index (χ0) is 22.4. The first kappa shape index (κ1) is 23.7. The van der Waals surface area contributed by atoms with Gasteiger partial charge in [-0.05, 0) is 56.2 Å². The van der Waals surface area contributed by atoms with Gasteiger partial charge in [0.15, 0.2) is 0 Å². The van der Waals surface area contributed by atoms with Crippen molar-refractivity contribution in [3.05, 3.63) is 70.5 Å². The average Bonchev–Trinajstić information content (AvgIpc) is 3.16. The van der Waals surface area contributed by atoms with Crippen molar-refractivity contribution >= 4 is 17.3 Å². The van der Waals surface area contributed by atoms with Crippen molar-refractivity contribution in [1.82, 2.24) is 4.90 Å². The minimum absolute atomic E-state index is 0.137. The van der Waals surface area contributed by atoms with Crippen molar-refractivity contribution in [2.24, 2.45) is 5.16 Å². The lowest BCUT2D eigenvalue weighted by Crippen LogP contribution is -2.40. The molecule has 2 aromatic rings. The van der Waals surface area contributed by atoms with Gasteiger partial charge >= 0.3 is 0 Å². The van der Waals surface area contributed by atoms with Gasteiger partial charge in [-0.2, -0.15) is 0 Å². The second-order valence-corrected chi connectivity index (χ2v) is 9.31. The van der Waals surface area contributed by atoms with Gasteiger partial charge in [0.25, 0.3) is 0 Å². The molecule has 1 aliphatic heterocycles. The Morgan fingerprint density at radius 2 is 1.87 bits per heavy atom. The number of oxime groups is 1. The standard InChI is InChI=1S/C24H30ClFN2O3/c1-24(2,3)30-16-21(29)14-28(13-17-4-10-20(26)11-5-17)15-22-12-23(27-31-22)18-6-8-19(25)9-7-18/h4-11,21-22,29H,12-16H2,1-3H3/t21-,22+/m0/s1. The third-order valence-corrected chi connectivity index (χ3v) is 5.12. The molecule has 0 unspecified atom stereocenters. The van der Waals surface area contributed by atoms with E-state index in [9.17, 15) is 9.50 Å². The zero-order valence-corrected chi connectivity index (χ0v) is 19.0. The highest BCUT2D eigenvalue weighted by atomic mass is 35.5. The van der Waals surface area contributed by atoms with E-state index in [2.05, 4.69) is 10.1 Å². The third-order valence-electron chi connectivity index (χ3n) is 4.87. The summed E-state index contributed by atoms with van der Waals surface area (Å²) in [5, 5.41) is 15.5. The number of hydrogen-bond donors (Lipinski definition) is 1. The van der Waals surface area contributed by atoms with E-state index in [1.165, 1.54) is 12.1 Å². The fourth-order valence-corrected chi connectivity index (χ4v) is 3.50. The number of halogens is 2. The molecule has 0 amide bonds. The molecule has 0 bridgehead atoms. The van der Waals surface area contributed by atoms with Gasteiger partial charge in [0.1, 0.15) is 11.9 Å². The van der Waals surface area contributed by atoms with Gasteiger partial charge in [0.2, 0.25) is 0 Å². The van der Waals surface area contributed by atoms with Gasteiger partial charge in [-0.15, -0.1) is 0 Å². The molecule has 0 fully saturated rings. The molecule has 0 aromatic heterocycles. The SMILES string of the molecule is CC(C)(C)OC[C@@H](O)CN(Cc1ccc(F)cc1)C[C@H]1CC(c2ccc(Cl)cc2)=NO1. The van der Waals surface area contributed by atoms with Gasteiger partial charge < -0.3 is 14.7 Å². The Kier molecular flexibility index (Phi) is 8.06. The van der Waals surface area contributed by atoms with Crippen LogP contribution in [0.4, 0.5) is 4.39 Å². The number of nitrogens with zero attached hydrogens (tertiary/aromatic N) is 2. The lowest BCUT2D eigenvalue weighted by atomic mass is 10.0. The smallest absolute Gasteiger partial charge is 0.145 e. The van der Waals surface area contributed by atoms with E-state index in [-0.39, 0.29) is 24.1 Å². The van der Waals surface area contributed by atoms with Crippen LogP contribution in [-0.4, -0.2) is 53.2 Å². The Morgan fingerprint density at radius 1 is 1.19 bits per heavy atom. The number of ether oxygens (including phenoxy) is 1. The Balaban J connectivity index is 1.62. The number of aliphatic hydroxyl groups is 1. The lowest BCUT2D eigenvalue weighted by Gasteiger charge is -2.28. The van der Waals surface area contributed by atoms with Crippen molar-refractivity contribution in [1.29, 1.82) is 0 Å². The second-order valence-electron chi connectivity index (χ2n) is 8.87. The first-order valence-electron chi connectivity index (χ1n) is 10.5. The fourth-order valence-electron chi connectivity index (χ4n) is 3.38. The molecule has 3 rings (SSSR count). The number of aliphatic hydroxyl groups excluding tert-OH is 1. The largest absolute Gasteiger partial charge is 0.390 e. The van der Waals surface area contributed by atoms with E-state index in [1.54, 1.807) is 12.1 Å². The first-order chi connectivity index (χ1) is 14.7. The molecule has 1 aliphatic rings. The molecule has 2 atom stereocenters. The van der Waals surface area contributed by atoms with E-state index in [1.807, 2.05) is 45.0 Å². The minimum atomic E-state index is -0.655. The summed E-state index contributed by atoms with van der Waals surface area (Å²) in [6.07, 6.45) is -0.129. The van der Waals surface area contributed by atoms with E-state index in [0.717, 1.165) is 16.8 Å². The average molecular weight is 449 g/mol. The third kappa shape index (κ3) is 7.89. The van der Waals surface area contributed by atoms with Crippen LogP contribution in [0.1, 0.15) is 38.3 Å². The van der Waals surface area contributed by atoms with Crippen molar-refractivity contribution in [3.8, 4) is 0 Å². The highest BCUT2D eigenvalue weighted by molar-refractivity contribution is 6.30. The van der Waals surface area contributed by atoms with Crippen molar-refractivity contribution in [2.45, 2.75) is 51.5 Å².